The molecule has 1 heterocycles. The highest BCUT2D eigenvalue weighted by atomic mass is 19.3. The smallest absolute Gasteiger partial charge is 0.387 e. The highest BCUT2D eigenvalue weighted by Crippen LogP contribution is 2.31. The molecule has 1 aromatic carbocycles. The Kier molecular flexibility index (Phi) is 6.55. The average Bonchev–Trinajstić information content (AvgIpc) is 2.57. The van der Waals surface area contributed by atoms with Gasteiger partial charge in [0.05, 0.1) is 12.2 Å². The second kappa shape index (κ2) is 8.44. The molecule has 2 rings (SSSR count). The summed E-state index contributed by atoms with van der Waals surface area (Å²) in [4.78, 5) is 4.66. The number of hydrogen-bond donors (Lipinski definition) is 2. The van der Waals surface area contributed by atoms with E-state index in [1.165, 1.54) is 6.07 Å². The number of alkyl halides is 2. The van der Waals surface area contributed by atoms with Crippen LogP contribution in [0.15, 0.2) is 23.3 Å². The summed E-state index contributed by atoms with van der Waals surface area (Å²) in [6, 6.07) is 4.42. The first-order valence-corrected chi connectivity index (χ1v) is 8.04. The van der Waals surface area contributed by atoms with E-state index in [1.807, 2.05) is 4.90 Å². The number of nitrogens with zero attached hydrogens (tertiary/aromatic N) is 4. The van der Waals surface area contributed by atoms with Crippen molar-refractivity contribution in [2.75, 3.05) is 19.7 Å². The molecule has 1 fully saturated rings. The van der Waals surface area contributed by atoms with Crippen LogP contribution < -0.4 is 4.74 Å². The number of azide groups is 1. The van der Waals surface area contributed by atoms with Gasteiger partial charge in [0.1, 0.15) is 5.75 Å². The summed E-state index contributed by atoms with van der Waals surface area (Å²) in [5, 5.41) is 23.0. The molecule has 1 aromatic rings. The lowest BCUT2D eigenvalue weighted by molar-refractivity contribution is -0.0702. The number of likely N-dealkylation sites (tertiary alicyclic amines) is 1. The molecule has 9 heteroatoms. The number of aliphatic hydroxyl groups is 2. The van der Waals surface area contributed by atoms with Crippen LogP contribution in [0.1, 0.15) is 25.3 Å². The van der Waals surface area contributed by atoms with Crippen LogP contribution in [0.3, 0.4) is 0 Å². The number of ether oxygens (including phenoxy) is 1. The van der Waals surface area contributed by atoms with Crippen molar-refractivity contribution >= 4 is 5.69 Å². The number of rotatable bonds is 7. The van der Waals surface area contributed by atoms with Crippen molar-refractivity contribution < 1.29 is 23.7 Å². The van der Waals surface area contributed by atoms with Crippen LogP contribution in [-0.2, 0) is 6.54 Å². The summed E-state index contributed by atoms with van der Waals surface area (Å²) in [6.45, 7) is -0.0576. The molecule has 1 aliphatic rings. The Labute approximate surface area is 144 Å². The SMILES string of the molecule is C[C@@](O)(CO)[C@H]1CCCN(Cc2ccc(N=[N+]=[N-])cc2OC(F)F)C1. The molecule has 0 bridgehead atoms. The van der Waals surface area contributed by atoms with E-state index < -0.39 is 12.2 Å². The lowest BCUT2D eigenvalue weighted by Crippen LogP contribution is -2.47. The Morgan fingerprint density at radius 1 is 1.52 bits per heavy atom. The van der Waals surface area contributed by atoms with Gasteiger partial charge in [0.2, 0.25) is 0 Å². The van der Waals surface area contributed by atoms with Gasteiger partial charge in [-0.15, -0.1) is 0 Å². The molecular formula is C16H22F2N4O3. The third-order valence-corrected chi connectivity index (χ3v) is 4.53. The van der Waals surface area contributed by atoms with Gasteiger partial charge in [0, 0.05) is 35.2 Å². The standard InChI is InChI=1S/C16H22F2N4O3/c1-16(24,10-23)12-3-2-6-22(9-12)8-11-4-5-13(20-21-19)7-14(11)25-15(17)18/h4-5,7,12,15,23-24H,2-3,6,8-10H2,1H3/t12-,16+/m0/s1. The average molecular weight is 356 g/mol. The van der Waals surface area contributed by atoms with Crippen LogP contribution in [-0.4, -0.2) is 47.0 Å². The fourth-order valence-electron chi connectivity index (χ4n) is 3.07. The van der Waals surface area contributed by atoms with E-state index in [-0.39, 0.29) is 24.0 Å². The highest BCUT2D eigenvalue weighted by molar-refractivity contribution is 5.48. The lowest BCUT2D eigenvalue weighted by Gasteiger charge is -2.39. The van der Waals surface area contributed by atoms with Gasteiger partial charge in [0.15, 0.2) is 0 Å². The first-order chi connectivity index (χ1) is 11.9. The molecule has 2 atom stereocenters. The summed E-state index contributed by atoms with van der Waals surface area (Å²) >= 11 is 0. The number of benzene rings is 1. The van der Waals surface area contributed by atoms with Crippen molar-refractivity contribution in [1.29, 1.82) is 0 Å². The van der Waals surface area contributed by atoms with E-state index in [4.69, 9.17) is 5.53 Å². The lowest BCUT2D eigenvalue weighted by atomic mass is 9.83. The number of aliphatic hydroxyl groups excluding tert-OH is 1. The zero-order valence-corrected chi connectivity index (χ0v) is 14.0. The van der Waals surface area contributed by atoms with E-state index >= 15 is 0 Å². The van der Waals surface area contributed by atoms with Gasteiger partial charge in [-0.05, 0) is 37.9 Å². The molecule has 1 saturated heterocycles. The third-order valence-electron chi connectivity index (χ3n) is 4.53. The van der Waals surface area contributed by atoms with Crippen molar-refractivity contribution in [3.8, 4) is 5.75 Å². The van der Waals surface area contributed by atoms with Crippen molar-refractivity contribution in [1.82, 2.24) is 4.90 Å². The molecule has 0 aliphatic carbocycles. The van der Waals surface area contributed by atoms with E-state index in [1.54, 1.807) is 19.1 Å². The fourth-order valence-corrected chi connectivity index (χ4v) is 3.07. The number of halogens is 2. The first-order valence-electron chi connectivity index (χ1n) is 8.04. The second-order valence-corrected chi connectivity index (χ2v) is 6.45. The molecule has 0 radical (unpaired) electrons. The summed E-state index contributed by atoms with van der Waals surface area (Å²) in [6.07, 6.45) is 1.63. The van der Waals surface area contributed by atoms with Gasteiger partial charge in [-0.3, -0.25) is 4.90 Å². The Morgan fingerprint density at radius 2 is 2.28 bits per heavy atom. The molecule has 0 saturated carbocycles. The largest absolute Gasteiger partial charge is 0.434 e. The molecular weight excluding hydrogens is 334 g/mol. The summed E-state index contributed by atoms with van der Waals surface area (Å²) in [5.74, 6) is -0.135. The van der Waals surface area contributed by atoms with Crippen LogP contribution in [0, 0.1) is 5.92 Å². The van der Waals surface area contributed by atoms with Gasteiger partial charge < -0.3 is 14.9 Å². The normalized spacial score (nSPS) is 20.8. The molecule has 0 aromatic heterocycles. The molecule has 0 unspecified atom stereocenters. The van der Waals surface area contributed by atoms with Crippen LogP contribution in [0.5, 0.6) is 5.75 Å². The van der Waals surface area contributed by atoms with Gasteiger partial charge in [0.25, 0.3) is 0 Å². The number of piperidine rings is 1. The maximum atomic E-state index is 12.7. The topological polar surface area (TPSA) is 102 Å². The minimum atomic E-state index is -2.98. The fraction of sp³-hybridized carbons (Fsp3) is 0.625. The maximum Gasteiger partial charge on any atom is 0.387 e. The Morgan fingerprint density at radius 3 is 2.92 bits per heavy atom. The van der Waals surface area contributed by atoms with Crippen molar-refractivity contribution in [3.63, 3.8) is 0 Å². The van der Waals surface area contributed by atoms with Gasteiger partial charge in [-0.1, -0.05) is 17.2 Å². The molecule has 2 N–H and O–H groups in total. The zero-order chi connectivity index (χ0) is 18.4. The molecule has 7 nitrogen and oxygen atoms in total. The predicted octanol–water partition coefficient (Wildman–Crippen LogP) is 3.19. The van der Waals surface area contributed by atoms with Gasteiger partial charge in [-0.2, -0.15) is 8.78 Å². The summed E-state index contributed by atoms with van der Waals surface area (Å²) in [7, 11) is 0. The minimum absolute atomic E-state index is 0.0315. The maximum absolute atomic E-state index is 12.7. The van der Waals surface area contributed by atoms with Crippen molar-refractivity contribution in [2.45, 2.75) is 38.5 Å². The van der Waals surface area contributed by atoms with E-state index in [9.17, 15) is 19.0 Å². The molecule has 1 aliphatic heterocycles. The second-order valence-electron chi connectivity index (χ2n) is 6.45. The van der Waals surface area contributed by atoms with Gasteiger partial charge >= 0.3 is 6.61 Å². The highest BCUT2D eigenvalue weighted by Gasteiger charge is 2.34. The number of hydrogen-bond acceptors (Lipinski definition) is 5. The van der Waals surface area contributed by atoms with Crippen LogP contribution in [0.2, 0.25) is 0 Å². The first kappa shape index (κ1) is 19.4. The summed E-state index contributed by atoms with van der Waals surface area (Å²) in [5.41, 5.74) is 8.03. The van der Waals surface area contributed by atoms with E-state index in [2.05, 4.69) is 14.8 Å². The summed E-state index contributed by atoms with van der Waals surface area (Å²) < 4.78 is 29.9. The Hall–Kier alpha value is -1.93. The quantitative estimate of drug-likeness (QED) is 0.445. The minimum Gasteiger partial charge on any atom is -0.434 e. The molecule has 0 amide bonds. The predicted molar refractivity (Wildman–Crippen MR) is 87.6 cm³/mol. The van der Waals surface area contributed by atoms with Gasteiger partial charge in [-0.25, -0.2) is 0 Å². The Bertz CT molecular complexity index is 636. The van der Waals surface area contributed by atoms with Crippen LogP contribution in [0.4, 0.5) is 14.5 Å². The van der Waals surface area contributed by atoms with Crippen LogP contribution >= 0.6 is 0 Å². The monoisotopic (exact) mass is 356 g/mol. The molecule has 0 spiro atoms. The van der Waals surface area contributed by atoms with Crippen molar-refractivity contribution in [3.05, 3.63) is 34.2 Å². The Balaban J connectivity index is 2.16. The van der Waals surface area contributed by atoms with E-state index in [0.29, 0.717) is 18.7 Å². The van der Waals surface area contributed by atoms with Crippen LogP contribution in [0.25, 0.3) is 10.4 Å². The van der Waals surface area contributed by atoms with Crippen molar-refractivity contribution in [2.24, 2.45) is 11.0 Å². The zero-order valence-electron chi connectivity index (χ0n) is 14.0. The molecule has 25 heavy (non-hydrogen) atoms. The third kappa shape index (κ3) is 5.27. The molecule has 138 valence electrons. The van der Waals surface area contributed by atoms with E-state index in [0.717, 1.165) is 19.4 Å².